The molecule has 1 heterocycles. The van der Waals surface area contributed by atoms with Gasteiger partial charge in [0.2, 0.25) is 0 Å². The molecule has 2 aromatic rings. The summed E-state index contributed by atoms with van der Waals surface area (Å²) in [6.45, 7) is 2.28. The Labute approximate surface area is 167 Å². The molecule has 1 fully saturated rings. The number of carbonyl (C=O) groups excluding carboxylic acids is 1. The van der Waals surface area contributed by atoms with E-state index in [2.05, 4.69) is 4.90 Å². The van der Waals surface area contributed by atoms with E-state index in [1.54, 1.807) is 4.90 Å². The van der Waals surface area contributed by atoms with E-state index < -0.39 is 10.8 Å². The molecule has 2 aromatic carbocycles. The Morgan fingerprint density at radius 2 is 1.82 bits per heavy atom. The Kier molecular flexibility index (Phi) is 5.92. The molecular weight excluding hydrogens is 380 g/mol. The first-order chi connectivity index (χ1) is 13.5. The third kappa shape index (κ3) is 4.30. The van der Waals surface area contributed by atoms with Gasteiger partial charge in [0.15, 0.2) is 0 Å². The van der Waals surface area contributed by atoms with Crippen molar-refractivity contribution in [2.24, 2.45) is 0 Å². The van der Waals surface area contributed by atoms with E-state index in [4.69, 9.17) is 11.6 Å². The fourth-order valence-corrected chi connectivity index (χ4v) is 3.20. The molecule has 0 radical (unpaired) electrons. The third-order valence-corrected chi connectivity index (χ3v) is 4.87. The topological polar surface area (TPSA) is 90.5 Å². The van der Waals surface area contributed by atoms with Crippen LogP contribution in [0.15, 0.2) is 54.1 Å². The van der Waals surface area contributed by atoms with E-state index in [1.165, 1.54) is 24.3 Å². The number of amides is 1. The Balaban J connectivity index is 1.74. The van der Waals surface area contributed by atoms with Crippen LogP contribution in [0.5, 0.6) is 0 Å². The van der Waals surface area contributed by atoms with E-state index in [1.807, 2.05) is 36.4 Å². The van der Waals surface area contributed by atoms with Crippen LogP contribution in [-0.2, 0) is 4.79 Å². The summed E-state index contributed by atoms with van der Waals surface area (Å²) in [5.41, 5.74) is 1.10. The summed E-state index contributed by atoms with van der Waals surface area (Å²) >= 11 is 6.07. The minimum absolute atomic E-state index is 0.101. The molecule has 0 aliphatic carbocycles. The van der Waals surface area contributed by atoms with Crippen molar-refractivity contribution in [1.29, 1.82) is 5.26 Å². The second-order valence-electron chi connectivity index (χ2n) is 6.25. The quantitative estimate of drug-likeness (QED) is 0.341. The maximum atomic E-state index is 12.7. The first kappa shape index (κ1) is 19.4. The Bertz CT molecular complexity index is 961. The number of piperazine rings is 1. The highest BCUT2D eigenvalue weighted by Crippen LogP contribution is 2.25. The van der Waals surface area contributed by atoms with E-state index in [-0.39, 0.29) is 21.8 Å². The smallest absolute Gasteiger partial charge is 0.270 e. The first-order valence-corrected chi connectivity index (χ1v) is 9.02. The molecule has 1 aliphatic heterocycles. The summed E-state index contributed by atoms with van der Waals surface area (Å²) in [4.78, 5) is 26.9. The number of non-ortho nitro benzene ring substituents is 1. The van der Waals surface area contributed by atoms with Gasteiger partial charge >= 0.3 is 0 Å². The molecule has 8 heteroatoms. The molecule has 0 saturated carbocycles. The monoisotopic (exact) mass is 396 g/mol. The van der Waals surface area contributed by atoms with Crippen LogP contribution in [0.1, 0.15) is 5.56 Å². The molecule has 0 aromatic heterocycles. The van der Waals surface area contributed by atoms with E-state index in [0.29, 0.717) is 26.2 Å². The number of halogens is 1. The van der Waals surface area contributed by atoms with Gasteiger partial charge < -0.3 is 9.80 Å². The van der Waals surface area contributed by atoms with Crippen LogP contribution in [0.4, 0.5) is 11.4 Å². The van der Waals surface area contributed by atoms with Gasteiger partial charge in [-0.3, -0.25) is 14.9 Å². The number of nitro benzene ring substituents is 1. The molecule has 1 saturated heterocycles. The van der Waals surface area contributed by atoms with Crippen LogP contribution >= 0.6 is 11.6 Å². The average Bonchev–Trinajstić information content (AvgIpc) is 2.73. The number of nitriles is 1. The summed E-state index contributed by atoms with van der Waals surface area (Å²) in [5.74, 6) is -0.405. The largest absolute Gasteiger partial charge is 0.368 e. The predicted molar refractivity (Wildman–Crippen MR) is 107 cm³/mol. The van der Waals surface area contributed by atoms with Gasteiger partial charge in [0.05, 0.1) is 4.92 Å². The van der Waals surface area contributed by atoms with Crippen LogP contribution in [0, 0.1) is 21.4 Å². The highest BCUT2D eigenvalue weighted by Gasteiger charge is 2.24. The zero-order valence-corrected chi connectivity index (χ0v) is 15.7. The Hall–Kier alpha value is -3.37. The van der Waals surface area contributed by atoms with Crippen LogP contribution in [0.2, 0.25) is 5.02 Å². The SMILES string of the molecule is N#C/C(=C/c1cc([N+](=O)[O-])ccc1Cl)C(=O)N1CCN(c2ccccc2)CC1. The standard InChI is InChI=1S/C20H17ClN4O3/c21-19-7-6-18(25(27)28)13-15(19)12-16(14-22)20(26)24-10-8-23(9-11-24)17-4-2-1-3-5-17/h1-7,12-13H,8-11H2/b16-12-. The third-order valence-electron chi connectivity index (χ3n) is 4.53. The van der Waals surface area contributed by atoms with Crippen molar-refractivity contribution in [3.8, 4) is 6.07 Å². The van der Waals surface area contributed by atoms with Gasteiger partial charge in [0.25, 0.3) is 11.6 Å². The summed E-state index contributed by atoms with van der Waals surface area (Å²) < 4.78 is 0. The van der Waals surface area contributed by atoms with Crippen LogP contribution in [-0.4, -0.2) is 41.9 Å². The van der Waals surface area contributed by atoms with Crippen molar-refractivity contribution < 1.29 is 9.72 Å². The lowest BCUT2D eigenvalue weighted by Gasteiger charge is -2.36. The number of hydrogen-bond acceptors (Lipinski definition) is 5. The normalized spacial score (nSPS) is 14.5. The highest BCUT2D eigenvalue weighted by molar-refractivity contribution is 6.32. The number of nitrogens with zero attached hydrogens (tertiary/aromatic N) is 4. The van der Waals surface area contributed by atoms with Gasteiger partial charge in [0, 0.05) is 54.6 Å². The predicted octanol–water partition coefficient (Wildman–Crippen LogP) is 3.50. The van der Waals surface area contributed by atoms with Crippen molar-refractivity contribution in [3.05, 3.63) is 74.8 Å². The molecule has 142 valence electrons. The number of para-hydroxylation sites is 1. The fraction of sp³-hybridized carbons (Fsp3) is 0.200. The van der Waals surface area contributed by atoms with Crippen molar-refractivity contribution in [1.82, 2.24) is 4.90 Å². The van der Waals surface area contributed by atoms with Crippen molar-refractivity contribution in [2.75, 3.05) is 31.1 Å². The van der Waals surface area contributed by atoms with Crippen molar-refractivity contribution in [2.45, 2.75) is 0 Å². The number of nitro groups is 1. The van der Waals surface area contributed by atoms with E-state index in [0.717, 1.165) is 5.69 Å². The molecule has 0 atom stereocenters. The number of anilines is 1. The lowest BCUT2D eigenvalue weighted by molar-refractivity contribution is -0.384. The number of benzene rings is 2. The minimum atomic E-state index is -0.551. The van der Waals surface area contributed by atoms with Crippen LogP contribution in [0.25, 0.3) is 6.08 Å². The molecule has 3 rings (SSSR count). The number of rotatable bonds is 4. The fourth-order valence-electron chi connectivity index (χ4n) is 3.03. The number of carbonyl (C=O) groups is 1. The number of hydrogen-bond donors (Lipinski definition) is 0. The van der Waals surface area contributed by atoms with E-state index >= 15 is 0 Å². The van der Waals surface area contributed by atoms with Crippen LogP contribution < -0.4 is 4.90 Å². The van der Waals surface area contributed by atoms with Gasteiger partial charge in [-0.25, -0.2) is 0 Å². The van der Waals surface area contributed by atoms with Gasteiger partial charge in [-0.1, -0.05) is 29.8 Å². The molecule has 0 spiro atoms. The van der Waals surface area contributed by atoms with Gasteiger partial charge in [-0.05, 0) is 24.3 Å². The maximum Gasteiger partial charge on any atom is 0.270 e. The van der Waals surface area contributed by atoms with Crippen molar-refractivity contribution in [3.63, 3.8) is 0 Å². The molecule has 28 heavy (non-hydrogen) atoms. The van der Waals surface area contributed by atoms with Crippen LogP contribution in [0.3, 0.4) is 0 Å². The van der Waals surface area contributed by atoms with Gasteiger partial charge in [-0.2, -0.15) is 5.26 Å². The Morgan fingerprint density at radius 3 is 2.43 bits per heavy atom. The van der Waals surface area contributed by atoms with Crippen molar-refractivity contribution >= 4 is 35.0 Å². The Morgan fingerprint density at radius 1 is 1.14 bits per heavy atom. The zero-order valence-electron chi connectivity index (χ0n) is 14.9. The van der Waals surface area contributed by atoms with Gasteiger partial charge in [0.1, 0.15) is 11.6 Å². The molecule has 1 amide bonds. The van der Waals surface area contributed by atoms with E-state index in [9.17, 15) is 20.2 Å². The molecule has 1 aliphatic rings. The molecule has 7 nitrogen and oxygen atoms in total. The zero-order chi connectivity index (χ0) is 20.1. The first-order valence-electron chi connectivity index (χ1n) is 8.64. The summed E-state index contributed by atoms with van der Waals surface area (Å²) in [6.07, 6.45) is 1.31. The second-order valence-corrected chi connectivity index (χ2v) is 6.65. The summed E-state index contributed by atoms with van der Waals surface area (Å²) in [7, 11) is 0. The summed E-state index contributed by atoms with van der Waals surface area (Å²) in [6, 6.07) is 15.7. The highest BCUT2D eigenvalue weighted by atomic mass is 35.5. The lowest BCUT2D eigenvalue weighted by atomic mass is 10.1. The molecule has 0 bridgehead atoms. The molecule has 0 N–H and O–H groups in total. The molecular formula is C20H17ClN4O3. The average molecular weight is 397 g/mol. The summed E-state index contributed by atoms with van der Waals surface area (Å²) in [5, 5.41) is 20.6. The minimum Gasteiger partial charge on any atom is -0.368 e. The molecule has 0 unspecified atom stereocenters. The van der Waals surface area contributed by atoms with Gasteiger partial charge in [-0.15, -0.1) is 0 Å². The maximum absolute atomic E-state index is 12.7. The lowest BCUT2D eigenvalue weighted by Crippen LogP contribution is -2.49. The second kappa shape index (κ2) is 8.55.